The van der Waals surface area contributed by atoms with Crippen molar-refractivity contribution in [2.75, 3.05) is 23.7 Å². The third kappa shape index (κ3) is 6.38. The maximum atomic E-state index is 13.8. The highest BCUT2D eigenvalue weighted by Gasteiger charge is 2.27. The summed E-state index contributed by atoms with van der Waals surface area (Å²) in [5.74, 6) is -20.7. The molecule has 0 spiro atoms. The van der Waals surface area contributed by atoms with Gasteiger partial charge in [0.2, 0.25) is 11.6 Å². The van der Waals surface area contributed by atoms with E-state index in [1.165, 1.54) is 32.0 Å². The van der Waals surface area contributed by atoms with Crippen LogP contribution in [0.2, 0.25) is 0 Å². The molecule has 212 valence electrons. The first kappa shape index (κ1) is 30.4. The van der Waals surface area contributed by atoms with Gasteiger partial charge in [-0.2, -0.15) is 0 Å². The molecule has 0 saturated carbocycles. The zero-order valence-corrected chi connectivity index (χ0v) is 21.9. The first-order valence-electron chi connectivity index (χ1n) is 10.9. The molecule has 0 aliphatic rings. The van der Waals surface area contributed by atoms with Crippen LogP contribution in [-0.2, 0) is 0 Å². The quantitative estimate of drug-likeness (QED) is 0.101. The smallest absolute Gasteiger partial charge is 0.200 e. The van der Waals surface area contributed by atoms with Gasteiger partial charge in [-0.15, -0.1) is 0 Å². The Labute approximate surface area is 228 Å². The molecule has 3 aromatic rings. The zero-order valence-electron chi connectivity index (χ0n) is 19.8. The van der Waals surface area contributed by atoms with Crippen molar-refractivity contribution in [3.8, 4) is 11.5 Å². The fourth-order valence-electron chi connectivity index (χ4n) is 3.20. The molecular formula is C24H17F10IN2O2. The summed E-state index contributed by atoms with van der Waals surface area (Å²) in [7, 11) is 0. The minimum Gasteiger partial charge on any atom is -0.488 e. The van der Waals surface area contributed by atoms with Crippen LogP contribution in [0, 0.1) is 61.7 Å². The van der Waals surface area contributed by atoms with E-state index in [0.717, 1.165) is 0 Å². The van der Waals surface area contributed by atoms with Crippen LogP contribution in [0.3, 0.4) is 0 Å². The van der Waals surface area contributed by atoms with Gasteiger partial charge in [0.1, 0.15) is 35.1 Å². The minimum atomic E-state index is -2.29. The van der Waals surface area contributed by atoms with Gasteiger partial charge in [-0.05, 0) is 48.6 Å². The molecule has 0 aliphatic heterocycles. The van der Waals surface area contributed by atoms with Gasteiger partial charge in [-0.1, -0.05) is 6.07 Å². The van der Waals surface area contributed by atoms with E-state index in [-0.39, 0.29) is 24.6 Å². The van der Waals surface area contributed by atoms with Gasteiger partial charge in [-0.3, -0.25) is 0 Å². The Morgan fingerprint density at radius 3 is 1.15 bits per heavy atom. The number of halogens is 11. The number of nitrogens with one attached hydrogen (secondary N) is 2. The van der Waals surface area contributed by atoms with Gasteiger partial charge < -0.3 is 20.1 Å². The van der Waals surface area contributed by atoms with Gasteiger partial charge in [0.15, 0.2) is 46.5 Å². The molecule has 0 heterocycles. The van der Waals surface area contributed by atoms with Crippen molar-refractivity contribution in [2.24, 2.45) is 0 Å². The number of anilines is 2. The number of ether oxygens (including phenoxy) is 2. The van der Waals surface area contributed by atoms with Crippen molar-refractivity contribution < 1.29 is 53.4 Å². The van der Waals surface area contributed by atoms with Crippen LogP contribution in [0.15, 0.2) is 18.2 Å². The van der Waals surface area contributed by atoms with E-state index >= 15 is 0 Å². The van der Waals surface area contributed by atoms with E-state index in [2.05, 4.69) is 10.6 Å². The molecule has 0 aliphatic carbocycles. The van der Waals surface area contributed by atoms with E-state index in [1.807, 2.05) is 22.6 Å². The summed E-state index contributed by atoms with van der Waals surface area (Å²) >= 11 is 1.82. The SMILES string of the molecule is C[C@@H](CNc1c(F)c(F)c(F)c(F)c1F)Oc1cccc(O[C@@H](C)CNc2c(F)c(F)c(F)c(F)c2F)c1I. The molecule has 0 fully saturated rings. The summed E-state index contributed by atoms with van der Waals surface area (Å²) in [6.07, 6.45) is -1.73. The topological polar surface area (TPSA) is 42.5 Å². The summed E-state index contributed by atoms with van der Waals surface area (Å²) in [6, 6.07) is 4.46. The van der Waals surface area contributed by atoms with E-state index < -0.39 is 81.8 Å². The fraction of sp³-hybridized carbons (Fsp3) is 0.250. The number of hydrogen-bond donors (Lipinski definition) is 2. The lowest BCUT2D eigenvalue weighted by atomic mass is 10.2. The fourth-order valence-corrected chi connectivity index (χ4v) is 3.82. The van der Waals surface area contributed by atoms with Crippen molar-refractivity contribution in [2.45, 2.75) is 26.1 Å². The average molecular weight is 682 g/mol. The Bertz CT molecular complexity index is 1230. The number of rotatable bonds is 10. The van der Waals surface area contributed by atoms with Gasteiger partial charge >= 0.3 is 0 Å². The van der Waals surface area contributed by atoms with Crippen molar-refractivity contribution in [1.82, 2.24) is 0 Å². The second-order valence-corrected chi connectivity index (χ2v) is 9.16. The first-order chi connectivity index (χ1) is 18.3. The second kappa shape index (κ2) is 12.4. The van der Waals surface area contributed by atoms with Crippen molar-refractivity contribution in [3.63, 3.8) is 0 Å². The van der Waals surface area contributed by atoms with Crippen molar-refractivity contribution >= 4 is 34.0 Å². The van der Waals surface area contributed by atoms with Crippen molar-refractivity contribution in [1.29, 1.82) is 0 Å². The molecule has 2 N–H and O–H groups in total. The Hall–Kier alpha value is -3.11. The molecule has 0 saturated heterocycles. The highest BCUT2D eigenvalue weighted by molar-refractivity contribution is 14.1. The molecule has 3 rings (SSSR count). The molecule has 15 heteroatoms. The summed E-state index contributed by atoms with van der Waals surface area (Å²) in [5, 5.41) is 4.25. The lowest BCUT2D eigenvalue weighted by Crippen LogP contribution is -2.25. The molecule has 39 heavy (non-hydrogen) atoms. The monoisotopic (exact) mass is 682 g/mol. The third-order valence-corrected chi connectivity index (χ3v) is 6.20. The predicted octanol–water partition coefficient (Wildman–Crippen LogP) is 7.44. The van der Waals surface area contributed by atoms with Gasteiger partial charge in [0, 0.05) is 0 Å². The van der Waals surface area contributed by atoms with Crippen LogP contribution in [0.25, 0.3) is 0 Å². The Morgan fingerprint density at radius 2 is 0.846 bits per heavy atom. The van der Waals surface area contributed by atoms with Crippen LogP contribution in [0.5, 0.6) is 11.5 Å². The number of hydrogen-bond acceptors (Lipinski definition) is 4. The second-order valence-electron chi connectivity index (χ2n) is 8.08. The molecule has 0 amide bonds. The van der Waals surface area contributed by atoms with Crippen molar-refractivity contribution in [3.05, 3.63) is 79.9 Å². The van der Waals surface area contributed by atoms with Crippen LogP contribution < -0.4 is 20.1 Å². The molecule has 0 aromatic heterocycles. The summed E-state index contributed by atoms with van der Waals surface area (Å²) in [5.41, 5.74) is -2.44. The largest absolute Gasteiger partial charge is 0.488 e. The van der Waals surface area contributed by atoms with Gasteiger partial charge in [-0.25, -0.2) is 43.9 Å². The van der Waals surface area contributed by atoms with Crippen LogP contribution in [0.4, 0.5) is 55.3 Å². The molecule has 0 radical (unpaired) electrons. The maximum Gasteiger partial charge on any atom is 0.200 e. The van der Waals surface area contributed by atoms with Crippen LogP contribution in [-0.4, -0.2) is 25.3 Å². The Morgan fingerprint density at radius 1 is 0.564 bits per heavy atom. The van der Waals surface area contributed by atoms with Gasteiger partial charge in [0.25, 0.3) is 0 Å². The summed E-state index contributed by atoms with van der Waals surface area (Å²) < 4.78 is 147. The lowest BCUT2D eigenvalue weighted by Gasteiger charge is -2.21. The van der Waals surface area contributed by atoms with E-state index in [4.69, 9.17) is 9.47 Å². The van der Waals surface area contributed by atoms with E-state index in [9.17, 15) is 43.9 Å². The summed E-state index contributed by atoms with van der Waals surface area (Å²) in [4.78, 5) is 0. The maximum absolute atomic E-state index is 13.8. The Kier molecular flexibility index (Phi) is 9.66. The normalized spacial score (nSPS) is 12.7. The predicted molar refractivity (Wildman–Crippen MR) is 129 cm³/mol. The lowest BCUT2D eigenvalue weighted by molar-refractivity contribution is 0.218. The highest BCUT2D eigenvalue weighted by atomic mass is 127. The van der Waals surface area contributed by atoms with E-state index in [0.29, 0.717) is 3.57 Å². The molecule has 0 unspecified atom stereocenters. The number of benzene rings is 3. The first-order valence-corrected chi connectivity index (χ1v) is 12.0. The average Bonchev–Trinajstić information content (AvgIpc) is 2.90. The summed E-state index contributed by atoms with van der Waals surface area (Å²) in [6.45, 7) is 2.14. The van der Waals surface area contributed by atoms with Gasteiger partial charge in [0.05, 0.1) is 16.7 Å². The standard InChI is InChI=1S/C24H17F10IN2O2/c1-8(6-36-23-18(31)14(27)12(25)15(28)19(23)32)38-10-4-3-5-11(22(10)35)39-9(2)7-37-24-20(33)16(29)13(26)17(30)21(24)34/h3-5,8-9,36-37H,6-7H2,1-2H3/t8-,9-/m0/s1. The molecule has 0 bridgehead atoms. The Balaban J connectivity index is 1.65. The zero-order chi connectivity index (χ0) is 29.2. The van der Waals surface area contributed by atoms with Crippen LogP contribution in [0.1, 0.15) is 13.8 Å². The molecule has 3 aromatic carbocycles. The third-order valence-electron chi connectivity index (χ3n) is 5.14. The highest BCUT2D eigenvalue weighted by Crippen LogP contribution is 2.33. The van der Waals surface area contributed by atoms with E-state index in [1.54, 1.807) is 0 Å². The molecule has 4 nitrogen and oxygen atoms in total. The minimum absolute atomic E-state index is 0.194. The molecular weight excluding hydrogens is 665 g/mol. The van der Waals surface area contributed by atoms with Crippen LogP contribution >= 0.6 is 22.6 Å². The molecule has 2 atom stereocenters.